The standard InChI is InChI=1S/C28H36N2O6/c1-6-7-8-17-36-21-12-9-19(10-13-21)26(31)24-25(20-11-14-22(34-4)23(18-20)35-5)30(16-15-29(2)3)28(33)27(24)32/h9-14,18,25,31H,6-8,15-17H2,1-5H3/b26-24-. The molecule has 1 unspecified atom stereocenters. The Hall–Kier alpha value is -3.52. The van der Waals surface area contributed by atoms with E-state index in [2.05, 4.69) is 6.92 Å². The molecule has 1 fully saturated rings. The van der Waals surface area contributed by atoms with Gasteiger partial charge >= 0.3 is 0 Å². The summed E-state index contributed by atoms with van der Waals surface area (Å²) in [5.74, 6) is 0.0994. The fourth-order valence-corrected chi connectivity index (χ4v) is 4.19. The number of rotatable bonds is 12. The number of ketones is 1. The maximum absolute atomic E-state index is 13.2. The summed E-state index contributed by atoms with van der Waals surface area (Å²) in [6.07, 6.45) is 3.19. The van der Waals surface area contributed by atoms with Gasteiger partial charge < -0.3 is 29.1 Å². The number of likely N-dealkylation sites (tertiary alicyclic amines) is 1. The van der Waals surface area contributed by atoms with Crippen LogP contribution in [0.2, 0.25) is 0 Å². The van der Waals surface area contributed by atoms with Crippen molar-refractivity contribution in [3.63, 3.8) is 0 Å². The maximum atomic E-state index is 13.2. The van der Waals surface area contributed by atoms with Crippen molar-refractivity contribution in [2.24, 2.45) is 0 Å². The molecule has 2 aromatic rings. The van der Waals surface area contributed by atoms with Crippen molar-refractivity contribution in [3.05, 3.63) is 59.2 Å². The maximum Gasteiger partial charge on any atom is 0.295 e. The molecule has 194 valence electrons. The Morgan fingerprint density at radius 2 is 1.69 bits per heavy atom. The van der Waals surface area contributed by atoms with E-state index in [0.29, 0.717) is 48.1 Å². The Morgan fingerprint density at radius 1 is 1.00 bits per heavy atom. The fourth-order valence-electron chi connectivity index (χ4n) is 4.19. The number of carbonyl (C=O) groups excluding carboxylic acids is 2. The number of ether oxygens (including phenoxy) is 3. The molecule has 1 heterocycles. The largest absolute Gasteiger partial charge is 0.507 e. The lowest BCUT2D eigenvalue weighted by Crippen LogP contribution is -2.35. The van der Waals surface area contributed by atoms with E-state index in [4.69, 9.17) is 14.2 Å². The first-order chi connectivity index (χ1) is 17.3. The number of amides is 1. The van der Waals surface area contributed by atoms with Crippen LogP contribution in [0, 0.1) is 0 Å². The summed E-state index contributed by atoms with van der Waals surface area (Å²) in [7, 11) is 6.86. The second-order valence-electron chi connectivity index (χ2n) is 8.99. The quantitative estimate of drug-likeness (QED) is 0.203. The summed E-state index contributed by atoms with van der Waals surface area (Å²) in [4.78, 5) is 29.7. The Bertz CT molecular complexity index is 1090. The highest BCUT2D eigenvalue weighted by Gasteiger charge is 2.46. The van der Waals surface area contributed by atoms with E-state index in [-0.39, 0.29) is 11.3 Å². The third-order valence-electron chi connectivity index (χ3n) is 6.20. The molecule has 1 amide bonds. The van der Waals surface area contributed by atoms with Crippen molar-refractivity contribution in [2.45, 2.75) is 32.2 Å². The van der Waals surface area contributed by atoms with Gasteiger partial charge in [-0.1, -0.05) is 25.8 Å². The van der Waals surface area contributed by atoms with Crippen LogP contribution < -0.4 is 14.2 Å². The van der Waals surface area contributed by atoms with Crippen molar-refractivity contribution >= 4 is 17.4 Å². The molecule has 0 spiro atoms. The van der Waals surface area contributed by atoms with Crippen LogP contribution in [0.1, 0.15) is 43.4 Å². The number of hydrogen-bond acceptors (Lipinski definition) is 7. The second-order valence-corrected chi connectivity index (χ2v) is 8.99. The van der Waals surface area contributed by atoms with Crippen molar-refractivity contribution < 1.29 is 28.9 Å². The van der Waals surface area contributed by atoms with E-state index in [1.807, 2.05) is 19.0 Å². The molecule has 0 saturated carbocycles. The third-order valence-corrected chi connectivity index (χ3v) is 6.20. The lowest BCUT2D eigenvalue weighted by atomic mass is 9.95. The molecule has 0 bridgehead atoms. The first-order valence-corrected chi connectivity index (χ1v) is 12.2. The topological polar surface area (TPSA) is 88.5 Å². The zero-order valence-electron chi connectivity index (χ0n) is 21.7. The molecule has 1 atom stereocenters. The Morgan fingerprint density at radius 3 is 2.31 bits per heavy atom. The van der Waals surface area contributed by atoms with Crippen LogP contribution in [0.25, 0.3) is 5.76 Å². The van der Waals surface area contributed by atoms with Gasteiger partial charge in [-0.3, -0.25) is 9.59 Å². The van der Waals surface area contributed by atoms with Gasteiger partial charge in [-0.25, -0.2) is 0 Å². The number of benzene rings is 2. The number of aliphatic hydroxyl groups is 1. The van der Waals surface area contributed by atoms with Crippen LogP contribution in [0.15, 0.2) is 48.0 Å². The minimum absolute atomic E-state index is 0.0441. The minimum Gasteiger partial charge on any atom is -0.507 e. The Kier molecular flexibility index (Phi) is 9.36. The number of methoxy groups -OCH3 is 2. The highest BCUT2D eigenvalue weighted by molar-refractivity contribution is 6.46. The van der Waals surface area contributed by atoms with Crippen LogP contribution in [-0.2, 0) is 9.59 Å². The van der Waals surface area contributed by atoms with Crippen molar-refractivity contribution in [1.82, 2.24) is 9.80 Å². The molecular formula is C28H36N2O6. The van der Waals surface area contributed by atoms with Gasteiger partial charge in [-0.2, -0.15) is 0 Å². The summed E-state index contributed by atoms with van der Waals surface area (Å²) in [6.45, 7) is 3.63. The van der Waals surface area contributed by atoms with Gasteiger partial charge in [-0.15, -0.1) is 0 Å². The monoisotopic (exact) mass is 496 g/mol. The Labute approximate surface area is 213 Å². The molecule has 36 heavy (non-hydrogen) atoms. The van der Waals surface area contributed by atoms with Gasteiger partial charge in [0, 0.05) is 18.7 Å². The third kappa shape index (κ3) is 5.99. The zero-order chi connectivity index (χ0) is 26.2. The first kappa shape index (κ1) is 27.1. The Balaban J connectivity index is 2.02. The second kappa shape index (κ2) is 12.4. The average Bonchev–Trinajstić information content (AvgIpc) is 3.14. The summed E-state index contributed by atoms with van der Waals surface area (Å²) < 4.78 is 16.6. The first-order valence-electron chi connectivity index (χ1n) is 12.2. The molecule has 1 aliphatic rings. The van der Waals surface area contributed by atoms with Crippen LogP contribution >= 0.6 is 0 Å². The number of carbonyl (C=O) groups is 2. The molecule has 3 rings (SSSR count). The number of nitrogens with zero attached hydrogens (tertiary/aromatic N) is 2. The van der Waals surface area contributed by atoms with E-state index in [1.54, 1.807) is 42.5 Å². The van der Waals surface area contributed by atoms with Gasteiger partial charge in [0.05, 0.1) is 32.4 Å². The molecule has 1 saturated heterocycles. The molecule has 0 radical (unpaired) electrons. The fraction of sp³-hybridized carbons (Fsp3) is 0.429. The predicted octanol–water partition coefficient (Wildman–Crippen LogP) is 4.26. The van der Waals surface area contributed by atoms with Gasteiger partial charge in [0.2, 0.25) is 0 Å². The van der Waals surface area contributed by atoms with E-state index < -0.39 is 17.7 Å². The van der Waals surface area contributed by atoms with E-state index in [0.717, 1.165) is 19.3 Å². The molecule has 0 aliphatic carbocycles. The summed E-state index contributed by atoms with van der Waals surface area (Å²) >= 11 is 0. The van der Waals surface area contributed by atoms with E-state index in [1.165, 1.54) is 19.1 Å². The smallest absolute Gasteiger partial charge is 0.295 e. The lowest BCUT2D eigenvalue weighted by Gasteiger charge is -2.27. The average molecular weight is 497 g/mol. The molecule has 8 nitrogen and oxygen atoms in total. The van der Waals surface area contributed by atoms with Gasteiger partial charge in [0.1, 0.15) is 11.5 Å². The number of Topliss-reactive ketones (excluding diaryl/α,β-unsaturated/α-hetero) is 1. The molecule has 8 heteroatoms. The van der Waals surface area contributed by atoms with Crippen LogP contribution in [0.4, 0.5) is 0 Å². The van der Waals surface area contributed by atoms with Crippen molar-refractivity contribution in [2.75, 3.05) is 48.0 Å². The highest BCUT2D eigenvalue weighted by atomic mass is 16.5. The number of hydrogen-bond donors (Lipinski definition) is 1. The van der Waals surface area contributed by atoms with Crippen LogP contribution in [0.3, 0.4) is 0 Å². The normalized spacial score (nSPS) is 17.1. The van der Waals surface area contributed by atoms with Gasteiger partial charge in [-0.05, 0) is 62.5 Å². The molecule has 1 N–H and O–H groups in total. The summed E-state index contributed by atoms with van der Waals surface area (Å²) in [5.41, 5.74) is 1.12. The zero-order valence-corrected chi connectivity index (χ0v) is 21.7. The highest BCUT2D eigenvalue weighted by Crippen LogP contribution is 2.42. The van der Waals surface area contributed by atoms with Gasteiger partial charge in [0.15, 0.2) is 11.5 Å². The van der Waals surface area contributed by atoms with Crippen molar-refractivity contribution in [3.8, 4) is 17.2 Å². The van der Waals surface area contributed by atoms with Crippen LogP contribution in [-0.4, -0.2) is 74.6 Å². The molecular weight excluding hydrogens is 460 g/mol. The predicted molar refractivity (Wildman–Crippen MR) is 139 cm³/mol. The lowest BCUT2D eigenvalue weighted by molar-refractivity contribution is -0.140. The van der Waals surface area contributed by atoms with E-state index >= 15 is 0 Å². The number of likely N-dealkylation sites (N-methyl/N-ethyl adjacent to an activating group) is 1. The van der Waals surface area contributed by atoms with Gasteiger partial charge in [0.25, 0.3) is 11.7 Å². The summed E-state index contributed by atoms with van der Waals surface area (Å²) in [5, 5.41) is 11.3. The number of aliphatic hydroxyl groups excluding tert-OH is 1. The summed E-state index contributed by atoms with van der Waals surface area (Å²) in [6, 6.07) is 11.4. The SMILES string of the molecule is CCCCCOc1ccc(/C(O)=C2/C(=O)C(=O)N(CCN(C)C)C2c2ccc(OC)c(OC)c2)cc1. The van der Waals surface area contributed by atoms with Crippen LogP contribution in [0.5, 0.6) is 17.2 Å². The van der Waals surface area contributed by atoms with Crippen molar-refractivity contribution in [1.29, 1.82) is 0 Å². The molecule has 1 aliphatic heterocycles. The molecule has 2 aromatic carbocycles. The minimum atomic E-state index is -0.769. The number of unbranched alkanes of at least 4 members (excludes halogenated alkanes) is 2. The van der Waals surface area contributed by atoms with E-state index in [9.17, 15) is 14.7 Å². The molecule has 0 aromatic heterocycles.